The number of hydrogen-bond acceptors (Lipinski definition) is 5. The van der Waals surface area contributed by atoms with Crippen LogP contribution < -0.4 is 14.5 Å². The van der Waals surface area contributed by atoms with Crippen molar-refractivity contribution in [1.82, 2.24) is 9.55 Å². The van der Waals surface area contributed by atoms with E-state index in [1.54, 1.807) is 0 Å². The van der Waals surface area contributed by atoms with E-state index in [4.69, 9.17) is 9.72 Å². The number of thiophene rings is 1. The summed E-state index contributed by atoms with van der Waals surface area (Å²) in [6.45, 7) is 58.2. The number of para-hydroxylation sites is 3. The molecule has 0 saturated carbocycles. The first-order valence-corrected chi connectivity index (χ1v) is 36.9. The molecule has 0 spiro atoms. The fraction of sp³-hybridized carbons (Fsp3) is 0.355. The minimum Gasteiger partial charge on any atom is -0.509 e. The van der Waals surface area contributed by atoms with Crippen LogP contribution in [0.2, 0.25) is 0 Å². The van der Waals surface area contributed by atoms with E-state index >= 15 is 0 Å². The van der Waals surface area contributed by atoms with Crippen LogP contribution in [0.1, 0.15) is 234 Å². The monoisotopic (exact) mass is 1520 g/mol. The summed E-state index contributed by atoms with van der Waals surface area (Å²) in [4.78, 5) is 10.1. The quantitative estimate of drug-likeness (QED) is 0.121. The Morgan fingerprint density at radius 1 is 0.450 bits per heavy atom. The zero-order chi connectivity index (χ0) is 71.1. The van der Waals surface area contributed by atoms with Gasteiger partial charge in [0.1, 0.15) is 5.82 Å². The smallest absolute Gasteiger partial charge is 0.135 e. The number of anilines is 4. The molecule has 3 aromatic heterocycles. The minimum absolute atomic E-state index is 0. The van der Waals surface area contributed by atoms with E-state index in [0.717, 1.165) is 56.3 Å². The van der Waals surface area contributed by atoms with E-state index in [1.807, 2.05) is 17.5 Å². The Bertz CT molecular complexity index is 4960. The van der Waals surface area contributed by atoms with E-state index in [0.29, 0.717) is 17.4 Å². The zero-order valence-corrected chi connectivity index (χ0v) is 66.9. The molecule has 12 aromatic rings. The third kappa shape index (κ3) is 13.4. The summed E-state index contributed by atoms with van der Waals surface area (Å²) >= 11 is 1.87. The van der Waals surface area contributed by atoms with Gasteiger partial charge in [-0.05, 0) is 153 Å². The van der Waals surface area contributed by atoms with Crippen molar-refractivity contribution in [3.05, 3.63) is 233 Å². The summed E-state index contributed by atoms with van der Waals surface area (Å²) in [5, 5.41) is 4.91. The van der Waals surface area contributed by atoms with Gasteiger partial charge >= 0.3 is 0 Å². The molecule has 5 nitrogen and oxygen atoms in total. The molecule has 7 heteroatoms. The Balaban J connectivity index is 0.00000948. The second kappa shape index (κ2) is 25.9. The predicted octanol–water partition coefficient (Wildman–Crippen LogP) is 27.5. The number of ether oxygens (including phenoxy) is 1. The van der Waals surface area contributed by atoms with Gasteiger partial charge in [-0.3, -0.25) is 0 Å². The van der Waals surface area contributed by atoms with Crippen molar-refractivity contribution in [2.45, 2.75) is 216 Å². The van der Waals surface area contributed by atoms with Gasteiger partial charge in [-0.25, -0.2) is 4.98 Å². The molecule has 0 radical (unpaired) electrons. The summed E-state index contributed by atoms with van der Waals surface area (Å²) in [5.74, 6) is 2.88. The molecule has 9 aromatic carbocycles. The topological polar surface area (TPSA) is 33.5 Å². The van der Waals surface area contributed by atoms with E-state index in [2.05, 4.69) is 357 Å². The van der Waals surface area contributed by atoms with Crippen molar-refractivity contribution in [2.24, 2.45) is 0 Å². The number of fused-ring (bicyclic) bond motifs is 8. The minimum atomic E-state index is -0.325. The Kier molecular flexibility index (Phi) is 18.7. The molecular weight excluding hydrogens is 1420 g/mol. The summed E-state index contributed by atoms with van der Waals surface area (Å²) in [6, 6.07) is 68.4. The molecule has 0 unspecified atom stereocenters. The van der Waals surface area contributed by atoms with Crippen molar-refractivity contribution in [2.75, 3.05) is 9.80 Å². The molecule has 0 fully saturated rings. The summed E-state index contributed by atoms with van der Waals surface area (Å²) in [7, 11) is 0. The molecule has 0 bridgehead atoms. The molecule has 100 heavy (non-hydrogen) atoms. The van der Waals surface area contributed by atoms with Crippen LogP contribution >= 0.6 is 11.3 Å². The Labute approximate surface area is 616 Å². The second-order valence-electron chi connectivity index (χ2n) is 35.3. The molecule has 0 N–H and O–H groups in total. The fourth-order valence-electron chi connectivity index (χ4n) is 14.5. The van der Waals surface area contributed by atoms with Crippen LogP contribution in [-0.2, 0) is 53.6 Å². The average Bonchev–Trinajstić information content (AvgIpc) is 1.55. The van der Waals surface area contributed by atoms with Crippen molar-refractivity contribution in [3.8, 4) is 50.7 Å². The van der Waals surface area contributed by atoms with Crippen molar-refractivity contribution >= 4 is 76.1 Å². The predicted molar refractivity (Wildman–Crippen MR) is 428 cm³/mol. The molecule has 0 amide bonds. The maximum atomic E-state index is 7.66. The maximum absolute atomic E-state index is 7.66. The Morgan fingerprint density at radius 3 is 1.49 bits per heavy atom. The number of pyridine rings is 1. The molecule has 0 saturated heterocycles. The van der Waals surface area contributed by atoms with Gasteiger partial charge in [0.15, 0.2) is 0 Å². The van der Waals surface area contributed by atoms with Gasteiger partial charge in [0.25, 0.3) is 0 Å². The molecule has 1 aliphatic rings. The molecular formula is C93H103N4OPtS-3. The number of rotatable bonds is 11. The van der Waals surface area contributed by atoms with E-state index in [9.17, 15) is 0 Å². The third-order valence-corrected chi connectivity index (χ3v) is 21.7. The van der Waals surface area contributed by atoms with Gasteiger partial charge in [-0.1, -0.05) is 280 Å². The van der Waals surface area contributed by atoms with E-state index in [1.165, 1.54) is 97.7 Å². The third-order valence-electron chi connectivity index (χ3n) is 20.5. The number of benzene rings is 9. The Morgan fingerprint density at radius 2 is 0.970 bits per heavy atom. The van der Waals surface area contributed by atoms with Gasteiger partial charge < -0.3 is 19.1 Å². The first-order valence-electron chi connectivity index (χ1n) is 36.1. The SMILES string of the molecule is CC(C)c1cc(C(C)C)c(-c2cc(Oc3[c-]c4c(c(C(C)(C)C)c3)c3c5sc6ccccc6c5ccc3n4-c3cc(C(C)(C)C)ccn3)[c-]c(N3[CH-]N(c4c(-c5cc(C(C)(C)C)cc(C(C)(C)C)c5)cccc4-c4cc(C(C)(C)C)cc(C(C)(C)C)c4)c4ccccc43)c2)c(C(C)C)c1.[Pt]. The first-order chi connectivity index (χ1) is 46.3. The van der Waals surface area contributed by atoms with E-state index in [-0.39, 0.29) is 65.4 Å². The van der Waals surface area contributed by atoms with Crippen LogP contribution in [0.25, 0.3) is 81.2 Å². The second-order valence-corrected chi connectivity index (χ2v) is 36.4. The van der Waals surface area contributed by atoms with Gasteiger partial charge in [-0.2, -0.15) is 0 Å². The summed E-state index contributed by atoms with van der Waals surface area (Å²) in [6.07, 6.45) is 1.97. The van der Waals surface area contributed by atoms with Crippen molar-refractivity contribution < 1.29 is 25.8 Å². The maximum Gasteiger partial charge on any atom is 0.135 e. The average molecular weight is 1520 g/mol. The summed E-state index contributed by atoms with van der Waals surface area (Å²) in [5.41, 5.74) is 24.0. The number of aromatic nitrogens is 2. The molecule has 13 rings (SSSR count). The largest absolute Gasteiger partial charge is 0.509 e. The van der Waals surface area contributed by atoms with Crippen LogP contribution in [0.4, 0.5) is 22.7 Å². The molecule has 520 valence electrons. The van der Waals surface area contributed by atoms with Gasteiger partial charge in [0.2, 0.25) is 0 Å². The zero-order valence-electron chi connectivity index (χ0n) is 63.8. The first kappa shape index (κ1) is 72.0. The van der Waals surface area contributed by atoms with Gasteiger partial charge in [0, 0.05) is 92.6 Å². The molecule has 4 heterocycles. The molecule has 1 aliphatic heterocycles. The number of hydrogen-bond donors (Lipinski definition) is 0. The van der Waals surface area contributed by atoms with Gasteiger partial charge in [0.05, 0.1) is 0 Å². The fourth-order valence-corrected chi connectivity index (χ4v) is 15.8. The van der Waals surface area contributed by atoms with E-state index < -0.39 is 0 Å². The van der Waals surface area contributed by atoms with Crippen LogP contribution in [0.3, 0.4) is 0 Å². The van der Waals surface area contributed by atoms with Crippen molar-refractivity contribution in [1.29, 1.82) is 0 Å². The van der Waals surface area contributed by atoms with Crippen LogP contribution in [0, 0.1) is 18.8 Å². The van der Waals surface area contributed by atoms with Crippen molar-refractivity contribution in [3.63, 3.8) is 0 Å². The molecule has 0 aliphatic carbocycles. The summed E-state index contributed by atoms with van der Waals surface area (Å²) < 4.78 is 12.5. The number of nitrogens with zero attached hydrogens (tertiary/aromatic N) is 4. The normalized spacial score (nSPS) is 13.5. The Hall–Kier alpha value is -7.76. The standard InChI is InChI=1S/C93H103N4OS.Pt/c1-55(2)58-46-74(56(3)4)83(75(47-58)57(5)6)61-44-67(51-68(45-61)98-69-52-76(93(22,23)24)84-80(53-69)97(82-50-62(38-39-94-82)88(7,8)9)79-37-36-73-72-30-25-28-35-81(72)99-87(73)85(79)84)95-54-96(78-34-27-26-33-77(78)95)86-70(59-40-63(89(10,11)12)48-64(41-59)90(13,14)15)31-29-32-71(86)60-42-65(91(16,17)18)49-66(43-60)92(19,20)21;/h25-50,52,54-57H,1-24H3;/q-3;. The van der Waals surface area contributed by atoms with Gasteiger partial charge in [-0.15, -0.1) is 65.2 Å². The van der Waals surface area contributed by atoms with Crippen LogP contribution in [-0.4, -0.2) is 9.55 Å². The molecule has 0 atom stereocenters. The van der Waals surface area contributed by atoms with Crippen LogP contribution in [0.5, 0.6) is 11.5 Å². The van der Waals surface area contributed by atoms with Crippen LogP contribution in [0.15, 0.2) is 164 Å².